The molecule has 2 amide bonds. The van der Waals surface area contributed by atoms with Crippen LogP contribution in [0.5, 0.6) is 0 Å². The predicted octanol–water partition coefficient (Wildman–Crippen LogP) is 4.36. The van der Waals surface area contributed by atoms with E-state index in [1.807, 2.05) is 6.92 Å². The normalized spacial score (nSPS) is 15.6. The summed E-state index contributed by atoms with van der Waals surface area (Å²) < 4.78 is 42.5. The summed E-state index contributed by atoms with van der Waals surface area (Å²) in [6, 6.07) is 13.7. The number of likely N-dealkylation sites (N-methyl/N-ethyl adjacent to an activating group) is 1. The van der Waals surface area contributed by atoms with Gasteiger partial charge in [-0.2, -0.15) is 18.3 Å². The molecule has 0 unspecified atom stereocenters. The van der Waals surface area contributed by atoms with Gasteiger partial charge in [-0.25, -0.2) is 4.68 Å². The van der Waals surface area contributed by atoms with E-state index in [2.05, 4.69) is 10.4 Å². The third kappa shape index (κ3) is 5.11. The number of amides is 2. The molecule has 3 aromatic rings. The molecule has 2 heterocycles. The summed E-state index contributed by atoms with van der Waals surface area (Å²) in [4.78, 5) is 29.0. The largest absolute Gasteiger partial charge is 0.435 e. The molecule has 1 fully saturated rings. The minimum absolute atomic E-state index is 0.0224. The minimum Gasteiger partial charge on any atom is -0.314 e. The third-order valence-corrected chi connectivity index (χ3v) is 6.89. The number of benzene rings is 2. The number of rotatable bonds is 7. The maximum Gasteiger partial charge on any atom is 0.435 e. The molecule has 0 atom stereocenters. The zero-order chi connectivity index (χ0) is 26.3. The van der Waals surface area contributed by atoms with E-state index in [0.717, 1.165) is 16.8 Å². The van der Waals surface area contributed by atoms with Gasteiger partial charge in [0.25, 0.3) is 5.91 Å². The quantitative estimate of drug-likeness (QED) is 0.512. The molecule has 2 aliphatic rings. The predicted molar refractivity (Wildman–Crippen MR) is 134 cm³/mol. The second-order valence-electron chi connectivity index (χ2n) is 9.67. The molecule has 0 radical (unpaired) electrons. The molecule has 1 N–H and O–H groups in total. The molecule has 194 valence electrons. The Morgan fingerprint density at radius 2 is 1.73 bits per heavy atom. The van der Waals surface area contributed by atoms with Crippen molar-refractivity contribution >= 4 is 23.2 Å². The zero-order valence-corrected chi connectivity index (χ0v) is 20.7. The molecule has 7 nitrogen and oxygen atoms in total. The molecular weight excluding hydrogens is 483 g/mol. The van der Waals surface area contributed by atoms with Gasteiger partial charge in [0.05, 0.1) is 12.2 Å². The van der Waals surface area contributed by atoms with Crippen LogP contribution < -0.4 is 15.1 Å². The van der Waals surface area contributed by atoms with Crippen LogP contribution in [0.4, 0.5) is 24.5 Å². The monoisotopic (exact) mass is 511 g/mol. The summed E-state index contributed by atoms with van der Waals surface area (Å²) in [6.07, 6.45) is -2.24. The van der Waals surface area contributed by atoms with Crippen molar-refractivity contribution in [3.05, 3.63) is 71.0 Å². The highest BCUT2D eigenvalue weighted by molar-refractivity contribution is 6.07. The number of aryl methyl sites for hydroxylation is 1. The van der Waals surface area contributed by atoms with Gasteiger partial charge in [0.1, 0.15) is 5.69 Å². The molecule has 37 heavy (non-hydrogen) atoms. The Kier molecular flexibility index (Phi) is 6.53. The Morgan fingerprint density at radius 3 is 2.35 bits per heavy atom. The first-order valence-electron chi connectivity index (χ1n) is 12.3. The van der Waals surface area contributed by atoms with Crippen molar-refractivity contribution < 1.29 is 22.8 Å². The standard InChI is InChI=1S/C27H28F3N5O2/c1-17-3-7-21(8-4-17)35-24-22(25(32-35)27(28,29)30)13-14-34(26(24)37)20-11-9-19(10-12-20)33(2)23(36)16-31-15-18-5-6-18/h3-4,7-12,18,31H,5-6,13-16H2,1-2H3. The first kappa shape index (κ1) is 25.0. The average Bonchev–Trinajstić information content (AvgIpc) is 3.60. The Balaban J connectivity index is 1.39. The SMILES string of the molecule is Cc1ccc(-n2nc(C(F)(F)F)c3c2C(=O)N(c2ccc(N(C)C(=O)CNCC4CC4)cc2)CC3)cc1. The van der Waals surface area contributed by atoms with Crippen LogP contribution in [0.1, 0.15) is 40.2 Å². The van der Waals surface area contributed by atoms with Crippen LogP contribution in [0.25, 0.3) is 5.69 Å². The number of hydrogen-bond acceptors (Lipinski definition) is 4. The highest BCUT2D eigenvalue weighted by atomic mass is 19.4. The van der Waals surface area contributed by atoms with Crippen molar-refractivity contribution in [2.24, 2.45) is 5.92 Å². The highest BCUT2D eigenvalue weighted by Crippen LogP contribution is 2.37. The Hall–Kier alpha value is -3.66. The van der Waals surface area contributed by atoms with Crippen LogP contribution in [0, 0.1) is 12.8 Å². The molecular formula is C27H28F3N5O2. The summed E-state index contributed by atoms with van der Waals surface area (Å²) in [5.74, 6) is 0.0505. The van der Waals surface area contributed by atoms with Gasteiger partial charge in [-0.1, -0.05) is 17.7 Å². The number of anilines is 2. The van der Waals surface area contributed by atoms with E-state index in [1.165, 1.54) is 17.7 Å². The molecule has 2 aromatic carbocycles. The summed E-state index contributed by atoms with van der Waals surface area (Å²) in [5, 5.41) is 7.01. The van der Waals surface area contributed by atoms with Crippen molar-refractivity contribution in [1.82, 2.24) is 15.1 Å². The van der Waals surface area contributed by atoms with E-state index in [9.17, 15) is 22.8 Å². The van der Waals surface area contributed by atoms with Gasteiger partial charge >= 0.3 is 6.18 Å². The molecule has 1 saturated carbocycles. The van der Waals surface area contributed by atoms with E-state index < -0.39 is 17.8 Å². The molecule has 10 heteroatoms. The van der Waals surface area contributed by atoms with Crippen LogP contribution in [-0.4, -0.2) is 48.3 Å². The van der Waals surface area contributed by atoms with Crippen LogP contribution in [-0.2, 0) is 17.4 Å². The number of halogens is 3. The van der Waals surface area contributed by atoms with Gasteiger partial charge in [0.15, 0.2) is 5.69 Å². The van der Waals surface area contributed by atoms with E-state index in [0.29, 0.717) is 23.0 Å². The minimum atomic E-state index is -4.67. The van der Waals surface area contributed by atoms with Crippen molar-refractivity contribution in [2.45, 2.75) is 32.4 Å². The Labute approximate surface area is 212 Å². The molecule has 0 spiro atoms. The fourth-order valence-corrected chi connectivity index (χ4v) is 4.53. The van der Waals surface area contributed by atoms with Gasteiger partial charge < -0.3 is 15.1 Å². The fourth-order valence-electron chi connectivity index (χ4n) is 4.53. The van der Waals surface area contributed by atoms with Crippen LogP contribution in [0.2, 0.25) is 0 Å². The lowest BCUT2D eigenvalue weighted by atomic mass is 10.0. The van der Waals surface area contributed by atoms with Crippen LogP contribution >= 0.6 is 0 Å². The average molecular weight is 512 g/mol. The molecule has 0 bridgehead atoms. The van der Waals surface area contributed by atoms with E-state index in [4.69, 9.17) is 0 Å². The number of nitrogens with one attached hydrogen (secondary N) is 1. The maximum absolute atomic E-state index is 13.8. The third-order valence-electron chi connectivity index (χ3n) is 6.89. The van der Waals surface area contributed by atoms with Gasteiger partial charge in [-0.15, -0.1) is 0 Å². The van der Waals surface area contributed by atoms with Crippen molar-refractivity contribution in [3.8, 4) is 5.69 Å². The molecule has 1 aromatic heterocycles. The number of carbonyl (C=O) groups excluding carboxylic acids is 2. The molecule has 1 aliphatic heterocycles. The van der Waals surface area contributed by atoms with Crippen LogP contribution in [0.3, 0.4) is 0 Å². The first-order valence-corrected chi connectivity index (χ1v) is 12.3. The van der Waals surface area contributed by atoms with Gasteiger partial charge in [-0.3, -0.25) is 9.59 Å². The number of carbonyl (C=O) groups is 2. The topological polar surface area (TPSA) is 70.5 Å². The van der Waals surface area contributed by atoms with Gasteiger partial charge in [0, 0.05) is 30.5 Å². The zero-order valence-electron chi connectivity index (χ0n) is 20.7. The summed E-state index contributed by atoms with van der Waals surface area (Å²) in [6.45, 7) is 3.04. The summed E-state index contributed by atoms with van der Waals surface area (Å²) in [5.41, 5.74) is 1.33. The van der Waals surface area contributed by atoms with Gasteiger partial charge in [-0.05, 0) is 75.0 Å². The number of nitrogens with zero attached hydrogens (tertiary/aromatic N) is 4. The maximum atomic E-state index is 13.8. The molecule has 5 rings (SSSR count). The Morgan fingerprint density at radius 1 is 1.08 bits per heavy atom. The summed E-state index contributed by atoms with van der Waals surface area (Å²) in [7, 11) is 1.69. The van der Waals surface area contributed by atoms with E-state index in [-0.39, 0.29) is 36.7 Å². The molecule has 1 aliphatic carbocycles. The van der Waals surface area contributed by atoms with Crippen molar-refractivity contribution in [1.29, 1.82) is 0 Å². The fraction of sp³-hybridized carbons (Fsp3) is 0.370. The number of hydrogen-bond donors (Lipinski definition) is 1. The van der Waals surface area contributed by atoms with Gasteiger partial charge in [0.2, 0.25) is 5.91 Å². The smallest absolute Gasteiger partial charge is 0.314 e. The second kappa shape index (κ2) is 9.66. The highest BCUT2D eigenvalue weighted by Gasteiger charge is 2.43. The molecule has 0 saturated heterocycles. The van der Waals surface area contributed by atoms with Crippen molar-refractivity contribution in [2.75, 3.05) is 36.5 Å². The number of alkyl halides is 3. The lowest BCUT2D eigenvalue weighted by Gasteiger charge is -2.28. The van der Waals surface area contributed by atoms with Crippen LogP contribution in [0.15, 0.2) is 48.5 Å². The lowest BCUT2D eigenvalue weighted by Crippen LogP contribution is -2.39. The van der Waals surface area contributed by atoms with E-state index >= 15 is 0 Å². The Bertz CT molecular complexity index is 1310. The first-order chi connectivity index (χ1) is 17.6. The summed E-state index contributed by atoms with van der Waals surface area (Å²) >= 11 is 0. The number of fused-ring (bicyclic) bond motifs is 1. The second-order valence-corrected chi connectivity index (χ2v) is 9.67. The number of aromatic nitrogens is 2. The van der Waals surface area contributed by atoms with E-state index in [1.54, 1.807) is 60.5 Å². The van der Waals surface area contributed by atoms with Crippen molar-refractivity contribution in [3.63, 3.8) is 0 Å². The lowest BCUT2D eigenvalue weighted by molar-refractivity contribution is -0.142.